The van der Waals surface area contributed by atoms with Crippen LogP contribution in [0.2, 0.25) is 0 Å². The molecule has 2 rings (SSSR count). The third-order valence-corrected chi connectivity index (χ3v) is 4.00. The Kier molecular flexibility index (Phi) is 5.33. The zero-order valence-electron chi connectivity index (χ0n) is 14.0. The number of benzene rings is 1. The van der Waals surface area contributed by atoms with Crippen molar-refractivity contribution >= 4 is 0 Å². The maximum Gasteiger partial charge on any atom is 0.0705 e. The SMILES string of the molecule is Cc1ccc(-c2c(CO)c(C)nc(CC(C)C)c2CN)cc1. The van der Waals surface area contributed by atoms with Gasteiger partial charge in [0.15, 0.2) is 0 Å². The molecular formula is C19H26N2O. The van der Waals surface area contributed by atoms with Gasteiger partial charge in [0.1, 0.15) is 0 Å². The Labute approximate surface area is 133 Å². The minimum absolute atomic E-state index is 0.0169. The van der Waals surface area contributed by atoms with Crippen molar-refractivity contribution in [3.8, 4) is 11.1 Å². The van der Waals surface area contributed by atoms with Crippen LogP contribution in [0, 0.1) is 19.8 Å². The summed E-state index contributed by atoms with van der Waals surface area (Å²) >= 11 is 0. The standard InChI is InChI=1S/C19H26N2O/c1-12(2)9-18-16(10-20)19(17(11-22)14(4)21-18)15-7-5-13(3)6-8-15/h5-8,12,22H,9-11,20H2,1-4H3. The van der Waals surface area contributed by atoms with Crippen molar-refractivity contribution in [3.63, 3.8) is 0 Å². The van der Waals surface area contributed by atoms with Crippen molar-refractivity contribution < 1.29 is 5.11 Å². The van der Waals surface area contributed by atoms with Crippen molar-refractivity contribution in [2.75, 3.05) is 0 Å². The quantitative estimate of drug-likeness (QED) is 0.888. The van der Waals surface area contributed by atoms with Crippen LogP contribution in [0.5, 0.6) is 0 Å². The molecule has 0 saturated heterocycles. The average Bonchev–Trinajstić information content (AvgIpc) is 2.47. The summed E-state index contributed by atoms with van der Waals surface area (Å²) in [4.78, 5) is 4.72. The molecule has 0 radical (unpaired) electrons. The highest BCUT2D eigenvalue weighted by Gasteiger charge is 2.18. The zero-order valence-corrected chi connectivity index (χ0v) is 14.0. The number of nitrogens with two attached hydrogens (primary N) is 1. The number of aliphatic hydroxyl groups is 1. The molecule has 0 spiro atoms. The molecule has 1 heterocycles. The van der Waals surface area contributed by atoms with Gasteiger partial charge in [-0.2, -0.15) is 0 Å². The Morgan fingerprint density at radius 3 is 2.23 bits per heavy atom. The fraction of sp³-hybridized carbons (Fsp3) is 0.421. The molecular weight excluding hydrogens is 272 g/mol. The minimum Gasteiger partial charge on any atom is -0.392 e. The van der Waals surface area contributed by atoms with E-state index in [1.165, 1.54) is 5.56 Å². The lowest BCUT2D eigenvalue weighted by Crippen LogP contribution is -2.13. The summed E-state index contributed by atoms with van der Waals surface area (Å²) in [6.45, 7) is 8.82. The normalized spacial score (nSPS) is 11.2. The molecule has 0 fully saturated rings. The molecule has 1 aromatic heterocycles. The van der Waals surface area contributed by atoms with Crippen LogP contribution < -0.4 is 5.73 Å². The van der Waals surface area contributed by atoms with E-state index in [0.717, 1.165) is 40.1 Å². The van der Waals surface area contributed by atoms with Crippen LogP contribution in [0.25, 0.3) is 11.1 Å². The Balaban J connectivity index is 2.72. The highest BCUT2D eigenvalue weighted by molar-refractivity contribution is 5.73. The van der Waals surface area contributed by atoms with E-state index in [1.807, 2.05) is 6.92 Å². The molecule has 1 aromatic carbocycles. The van der Waals surface area contributed by atoms with Gasteiger partial charge in [0.25, 0.3) is 0 Å². The van der Waals surface area contributed by atoms with Gasteiger partial charge in [-0.25, -0.2) is 0 Å². The lowest BCUT2D eigenvalue weighted by molar-refractivity contribution is 0.281. The van der Waals surface area contributed by atoms with E-state index in [-0.39, 0.29) is 6.61 Å². The van der Waals surface area contributed by atoms with E-state index in [1.54, 1.807) is 0 Å². The van der Waals surface area contributed by atoms with E-state index < -0.39 is 0 Å². The van der Waals surface area contributed by atoms with Crippen molar-refractivity contribution in [2.45, 2.75) is 47.3 Å². The van der Waals surface area contributed by atoms with Gasteiger partial charge < -0.3 is 10.8 Å². The zero-order chi connectivity index (χ0) is 16.3. The molecule has 118 valence electrons. The molecule has 0 saturated carbocycles. The van der Waals surface area contributed by atoms with Crippen LogP contribution >= 0.6 is 0 Å². The first-order valence-corrected chi connectivity index (χ1v) is 7.87. The van der Waals surface area contributed by atoms with Crippen molar-refractivity contribution in [2.24, 2.45) is 11.7 Å². The van der Waals surface area contributed by atoms with Crippen LogP contribution in [0.1, 0.15) is 41.9 Å². The highest BCUT2D eigenvalue weighted by Crippen LogP contribution is 2.32. The lowest BCUT2D eigenvalue weighted by Gasteiger charge is -2.20. The summed E-state index contributed by atoms with van der Waals surface area (Å²) in [6, 6.07) is 8.38. The predicted molar refractivity (Wildman–Crippen MR) is 91.5 cm³/mol. The van der Waals surface area contributed by atoms with Gasteiger partial charge in [-0.15, -0.1) is 0 Å². The van der Waals surface area contributed by atoms with E-state index >= 15 is 0 Å². The van der Waals surface area contributed by atoms with Gasteiger partial charge in [-0.1, -0.05) is 43.7 Å². The van der Waals surface area contributed by atoms with Gasteiger partial charge >= 0.3 is 0 Å². The van der Waals surface area contributed by atoms with Gasteiger partial charge in [0.05, 0.1) is 6.61 Å². The average molecular weight is 298 g/mol. The predicted octanol–water partition coefficient (Wildman–Crippen LogP) is 3.51. The third-order valence-electron chi connectivity index (χ3n) is 4.00. The fourth-order valence-electron chi connectivity index (χ4n) is 2.88. The molecule has 22 heavy (non-hydrogen) atoms. The fourth-order valence-corrected chi connectivity index (χ4v) is 2.88. The number of pyridine rings is 1. The summed E-state index contributed by atoms with van der Waals surface area (Å²) < 4.78 is 0. The highest BCUT2D eigenvalue weighted by atomic mass is 16.3. The van der Waals surface area contributed by atoms with E-state index in [2.05, 4.69) is 45.0 Å². The van der Waals surface area contributed by atoms with Crippen molar-refractivity contribution in [3.05, 3.63) is 52.3 Å². The monoisotopic (exact) mass is 298 g/mol. The largest absolute Gasteiger partial charge is 0.392 e. The van der Waals surface area contributed by atoms with Crippen LogP contribution in [-0.4, -0.2) is 10.1 Å². The van der Waals surface area contributed by atoms with Crippen LogP contribution in [0.4, 0.5) is 0 Å². The first kappa shape index (κ1) is 16.7. The smallest absolute Gasteiger partial charge is 0.0705 e. The second kappa shape index (κ2) is 7.03. The third kappa shape index (κ3) is 3.37. The summed E-state index contributed by atoms with van der Waals surface area (Å²) in [6.07, 6.45) is 0.901. The van der Waals surface area contributed by atoms with Crippen LogP contribution in [-0.2, 0) is 19.6 Å². The van der Waals surface area contributed by atoms with Crippen LogP contribution in [0.3, 0.4) is 0 Å². The van der Waals surface area contributed by atoms with E-state index in [9.17, 15) is 5.11 Å². The van der Waals surface area contributed by atoms with E-state index in [4.69, 9.17) is 10.7 Å². The number of rotatable bonds is 5. The van der Waals surface area contributed by atoms with E-state index in [0.29, 0.717) is 12.5 Å². The van der Waals surface area contributed by atoms with Gasteiger partial charge in [-0.3, -0.25) is 4.98 Å². The Bertz CT molecular complexity index is 645. The molecule has 0 atom stereocenters. The Morgan fingerprint density at radius 1 is 1.09 bits per heavy atom. The lowest BCUT2D eigenvalue weighted by atomic mass is 9.90. The molecule has 0 aliphatic rings. The maximum absolute atomic E-state index is 9.83. The Hall–Kier alpha value is -1.71. The number of aliphatic hydroxyl groups excluding tert-OH is 1. The Morgan fingerprint density at radius 2 is 1.73 bits per heavy atom. The minimum atomic E-state index is -0.0169. The molecule has 0 aliphatic heterocycles. The molecule has 0 bridgehead atoms. The maximum atomic E-state index is 9.83. The second-order valence-corrected chi connectivity index (χ2v) is 6.30. The van der Waals surface area contributed by atoms with Gasteiger partial charge in [0, 0.05) is 23.5 Å². The number of hydrogen-bond acceptors (Lipinski definition) is 3. The van der Waals surface area contributed by atoms with Crippen LogP contribution in [0.15, 0.2) is 24.3 Å². The molecule has 0 aliphatic carbocycles. The first-order valence-electron chi connectivity index (χ1n) is 7.87. The molecule has 3 heteroatoms. The number of hydrogen-bond donors (Lipinski definition) is 2. The topological polar surface area (TPSA) is 59.1 Å². The first-order chi connectivity index (χ1) is 10.5. The summed E-state index contributed by atoms with van der Waals surface area (Å²) in [5, 5.41) is 9.83. The second-order valence-electron chi connectivity index (χ2n) is 6.30. The summed E-state index contributed by atoms with van der Waals surface area (Å²) in [5.74, 6) is 0.517. The molecule has 0 amide bonds. The van der Waals surface area contributed by atoms with Crippen molar-refractivity contribution in [1.29, 1.82) is 0 Å². The molecule has 3 N–H and O–H groups in total. The van der Waals surface area contributed by atoms with Gasteiger partial charge in [0.2, 0.25) is 0 Å². The van der Waals surface area contributed by atoms with Gasteiger partial charge in [-0.05, 0) is 42.9 Å². The van der Waals surface area contributed by atoms with Crippen molar-refractivity contribution in [1.82, 2.24) is 4.98 Å². The molecule has 2 aromatic rings. The summed E-state index contributed by atoms with van der Waals surface area (Å²) in [7, 11) is 0. The number of nitrogens with zero attached hydrogens (tertiary/aromatic N) is 1. The molecule has 0 unspecified atom stereocenters. The number of aryl methyl sites for hydroxylation is 2. The summed E-state index contributed by atoms with van der Waals surface area (Å²) in [5.41, 5.74) is 13.3. The molecule has 3 nitrogen and oxygen atoms in total. The number of aromatic nitrogens is 1.